The van der Waals surface area contributed by atoms with Crippen molar-refractivity contribution >= 4 is 10.2 Å². The molecule has 1 aromatic carbocycles. The summed E-state index contributed by atoms with van der Waals surface area (Å²) in [5.74, 6) is 0. The van der Waals surface area contributed by atoms with E-state index in [9.17, 15) is 8.42 Å². The molecule has 0 N–H and O–H groups in total. The first-order valence-corrected chi connectivity index (χ1v) is 7.81. The Balaban J connectivity index is 2.23. The maximum absolute atomic E-state index is 12.4. The highest BCUT2D eigenvalue weighted by Crippen LogP contribution is 2.22. The third-order valence-electron chi connectivity index (χ3n) is 3.45. The van der Waals surface area contributed by atoms with Gasteiger partial charge in [0, 0.05) is 26.2 Å². The Kier molecular flexibility index (Phi) is 4.04. The molecule has 0 unspecified atom stereocenters. The molecule has 100 valence electrons. The smallest absolute Gasteiger partial charge is 0.195 e. The fraction of sp³-hybridized carbons (Fsp3) is 0.538. The highest BCUT2D eigenvalue weighted by Gasteiger charge is 2.30. The molecule has 1 heterocycles. The number of hydrogen-bond acceptors (Lipinski definition) is 2. The van der Waals surface area contributed by atoms with Crippen molar-refractivity contribution in [2.24, 2.45) is 0 Å². The lowest BCUT2D eigenvalue weighted by Gasteiger charge is -2.32. The summed E-state index contributed by atoms with van der Waals surface area (Å²) >= 11 is 0. The van der Waals surface area contributed by atoms with Crippen LogP contribution in [-0.2, 0) is 23.2 Å². The van der Waals surface area contributed by atoms with Crippen LogP contribution in [0.4, 0.5) is 0 Å². The van der Waals surface area contributed by atoms with Gasteiger partial charge in [-0.25, -0.2) is 0 Å². The molecule has 0 amide bonds. The van der Waals surface area contributed by atoms with E-state index in [1.807, 2.05) is 32.0 Å². The van der Waals surface area contributed by atoms with E-state index in [1.165, 1.54) is 9.87 Å². The second-order valence-electron chi connectivity index (χ2n) is 4.44. The maximum Gasteiger partial charge on any atom is 0.282 e. The number of nitrogens with zero attached hydrogens (tertiary/aromatic N) is 2. The summed E-state index contributed by atoms with van der Waals surface area (Å²) in [4.78, 5) is 0. The van der Waals surface area contributed by atoms with Crippen LogP contribution in [0.25, 0.3) is 0 Å². The van der Waals surface area contributed by atoms with Crippen molar-refractivity contribution in [3.05, 3.63) is 35.4 Å². The van der Waals surface area contributed by atoms with Crippen molar-refractivity contribution in [3.63, 3.8) is 0 Å². The van der Waals surface area contributed by atoms with Crippen LogP contribution in [0.2, 0.25) is 0 Å². The average Bonchev–Trinajstić information content (AvgIpc) is 2.39. The minimum atomic E-state index is -3.30. The molecule has 5 heteroatoms. The Bertz CT molecular complexity index is 509. The standard InChI is InChI=1S/C13H20N2O2S/c1-3-14(4-2)18(16,17)15-10-9-12-7-5-6-8-13(12)11-15/h5-8H,3-4,9-11H2,1-2H3. The van der Waals surface area contributed by atoms with Gasteiger partial charge in [0.05, 0.1) is 0 Å². The van der Waals surface area contributed by atoms with Crippen LogP contribution in [0.1, 0.15) is 25.0 Å². The maximum atomic E-state index is 12.4. The molecule has 1 aromatic rings. The van der Waals surface area contributed by atoms with Gasteiger partial charge in [-0.05, 0) is 17.5 Å². The first-order chi connectivity index (χ1) is 8.59. The normalized spacial score (nSPS) is 16.8. The minimum Gasteiger partial charge on any atom is -0.195 e. The van der Waals surface area contributed by atoms with E-state index in [0.717, 1.165) is 12.0 Å². The summed E-state index contributed by atoms with van der Waals surface area (Å²) in [5.41, 5.74) is 2.39. The molecule has 0 saturated heterocycles. The lowest BCUT2D eigenvalue weighted by Crippen LogP contribution is -2.45. The van der Waals surface area contributed by atoms with Gasteiger partial charge >= 0.3 is 0 Å². The van der Waals surface area contributed by atoms with Crippen molar-refractivity contribution in [3.8, 4) is 0 Å². The minimum absolute atomic E-state index is 0.495. The number of rotatable bonds is 4. The quantitative estimate of drug-likeness (QED) is 0.833. The molecular weight excluding hydrogens is 248 g/mol. The molecule has 0 fully saturated rings. The Morgan fingerprint density at radius 3 is 2.39 bits per heavy atom. The van der Waals surface area contributed by atoms with Gasteiger partial charge in [-0.2, -0.15) is 17.0 Å². The highest BCUT2D eigenvalue weighted by atomic mass is 32.2. The van der Waals surface area contributed by atoms with Crippen LogP contribution in [0.15, 0.2) is 24.3 Å². The van der Waals surface area contributed by atoms with Crippen molar-refractivity contribution in [1.29, 1.82) is 0 Å². The summed E-state index contributed by atoms with van der Waals surface area (Å²) in [6.45, 7) is 5.87. The first kappa shape index (κ1) is 13.5. The predicted octanol–water partition coefficient (Wildman–Crippen LogP) is 1.63. The fourth-order valence-corrected chi connectivity index (χ4v) is 3.98. The SMILES string of the molecule is CCN(CC)S(=O)(=O)N1CCc2ccccc2C1. The lowest BCUT2D eigenvalue weighted by molar-refractivity contribution is 0.335. The molecule has 0 bridgehead atoms. The summed E-state index contributed by atoms with van der Waals surface area (Å²) < 4.78 is 27.9. The van der Waals surface area contributed by atoms with E-state index >= 15 is 0 Å². The number of benzene rings is 1. The largest absolute Gasteiger partial charge is 0.282 e. The van der Waals surface area contributed by atoms with Gasteiger partial charge < -0.3 is 0 Å². The molecule has 0 atom stereocenters. The molecule has 18 heavy (non-hydrogen) atoms. The summed E-state index contributed by atoms with van der Waals surface area (Å²) in [6, 6.07) is 8.07. The summed E-state index contributed by atoms with van der Waals surface area (Å²) in [7, 11) is -3.30. The van der Waals surface area contributed by atoms with Crippen molar-refractivity contribution in [2.45, 2.75) is 26.8 Å². The van der Waals surface area contributed by atoms with Crippen LogP contribution < -0.4 is 0 Å². The zero-order valence-corrected chi connectivity index (χ0v) is 11.8. The Morgan fingerprint density at radius 2 is 1.78 bits per heavy atom. The molecule has 0 spiro atoms. The molecule has 1 aliphatic heterocycles. The molecule has 0 radical (unpaired) electrons. The van der Waals surface area contributed by atoms with Crippen LogP contribution in [-0.4, -0.2) is 36.7 Å². The van der Waals surface area contributed by atoms with Gasteiger partial charge in [-0.15, -0.1) is 0 Å². The van der Waals surface area contributed by atoms with E-state index in [4.69, 9.17) is 0 Å². The molecule has 0 aliphatic carbocycles. The van der Waals surface area contributed by atoms with Gasteiger partial charge in [-0.3, -0.25) is 0 Å². The second kappa shape index (κ2) is 5.38. The van der Waals surface area contributed by atoms with Crippen molar-refractivity contribution in [2.75, 3.05) is 19.6 Å². The monoisotopic (exact) mass is 268 g/mol. The Labute approximate surface area is 109 Å². The Hall–Kier alpha value is -0.910. The van der Waals surface area contributed by atoms with Crippen molar-refractivity contribution < 1.29 is 8.42 Å². The van der Waals surface area contributed by atoms with Gasteiger partial charge in [0.1, 0.15) is 0 Å². The molecular formula is C13H20N2O2S. The average molecular weight is 268 g/mol. The van der Waals surface area contributed by atoms with E-state index in [0.29, 0.717) is 26.2 Å². The molecule has 0 saturated carbocycles. The summed E-state index contributed by atoms with van der Waals surface area (Å²) in [5, 5.41) is 0. The lowest BCUT2D eigenvalue weighted by atomic mass is 10.0. The fourth-order valence-electron chi connectivity index (χ4n) is 2.38. The van der Waals surface area contributed by atoms with Gasteiger partial charge in [0.15, 0.2) is 0 Å². The van der Waals surface area contributed by atoms with Crippen LogP contribution in [0.5, 0.6) is 0 Å². The van der Waals surface area contributed by atoms with Gasteiger partial charge in [-0.1, -0.05) is 38.1 Å². The van der Waals surface area contributed by atoms with E-state index < -0.39 is 10.2 Å². The predicted molar refractivity (Wildman–Crippen MR) is 72.4 cm³/mol. The number of fused-ring (bicyclic) bond motifs is 1. The first-order valence-electron chi connectivity index (χ1n) is 6.41. The van der Waals surface area contributed by atoms with Gasteiger partial charge in [0.2, 0.25) is 0 Å². The molecule has 1 aliphatic rings. The zero-order chi connectivity index (χ0) is 13.2. The van der Waals surface area contributed by atoms with E-state index in [1.54, 1.807) is 4.31 Å². The van der Waals surface area contributed by atoms with Crippen LogP contribution in [0, 0.1) is 0 Å². The van der Waals surface area contributed by atoms with E-state index in [-0.39, 0.29) is 0 Å². The topological polar surface area (TPSA) is 40.6 Å². The highest BCUT2D eigenvalue weighted by molar-refractivity contribution is 7.86. The van der Waals surface area contributed by atoms with E-state index in [2.05, 4.69) is 6.07 Å². The van der Waals surface area contributed by atoms with Crippen molar-refractivity contribution in [1.82, 2.24) is 8.61 Å². The Morgan fingerprint density at radius 1 is 1.17 bits per heavy atom. The molecule has 4 nitrogen and oxygen atoms in total. The summed E-state index contributed by atoms with van der Waals surface area (Å²) in [6.07, 6.45) is 0.802. The molecule has 0 aromatic heterocycles. The van der Waals surface area contributed by atoms with Crippen LogP contribution >= 0.6 is 0 Å². The third kappa shape index (κ3) is 2.43. The third-order valence-corrected chi connectivity index (χ3v) is 5.59. The van der Waals surface area contributed by atoms with Gasteiger partial charge in [0.25, 0.3) is 10.2 Å². The van der Waals surface area contributed by atoms with Crippen LogP contribution in [0.3, 0.4) is 0 Å². The second-order valence-corrected chi connectivity index (χ2v) is 6.37. The number of hydrogen-bond donors (Lipinski definition) is 0. The molecule has 2 rings (SSSR count). The zero-order valence-electron chi connectivity index (χ0n) is 11.0.